The van der Waals surface area contributed by atoms with Crippen LogP contribution < -0.4 is 14.4 Å². The number of imide groups is 1. The first-order chi connectivity index (χ1) is 20.2. The van der Waals surface area contributed by atoms with E-state index in [-0.39, 0.29) is 44.0 Å². The number of rotatable bonds is 8. The molecule has 0 radical (unpaired) electrons. The molecule has 2 aliphatic rings. The predicted molar refractivity (Wildman–Crippen MR) is 160 cm³/mol. The molecule has 3 aromatic rings. The number of benzene rings is 3. The van der Waals surface area contributed by atoms with Crippen molar-refractivity contribution in [3.8, 4) is 11.5 Å². The number of nitrogens with zero attached hydrogens (tertiary/aromatic N) is 1. The number of carbonyl (C=O) groups excluding carboxylic acids is 5. The molecule has 216 valence electrons. The lowest BCUT2D eigenvalue weighted by Gasteiger charge is -2.29. The largest absolute Gasteiger partial charge is 0.497 e. The Bertz CT molecular complexity index is 1530. The van der Waals surface area contributed by atoms with Gasteiger partial charge in [0.25, 0.3) is 0 Å². The van der Waals surface area contributed by atoms with Gasteiger partial charge in [-0.05, 0) is 73.5 Å². The molecule has 5 rings (SSSR count). The summed E-state index contributed by atoms with van der Waals surface area (Å²) in [5.41, 5.74) is 0.954. The third kappa shape index (κ3) is 6.17. The van der Waals surface area contributed by atoms with Gasteiger partial charge >= 0.3 is 11.9 Å². The molecule has 42 heavy (non-hydrogen) atoms. The zero-order chi connectivity index (χ0) is 30.0. The van der Waals surface area contributed by atoms with Crippen molar-refractivity contribution in [2.24, 2.45) is 11.8 Å². The maximum absolute atomic E-state index is 13.1. The quantitative estimate of drug-likeness (QED) is 0.101. The highest BCUT2D eigenvalue weighted by Crippen LogP contribution is 2.44. The number of amides is 2. The van der Waals surface area contributed by atoms with Crippen molar-refractivity contribution in [3.05, 3.63) is 89.5 Å². The van der Waals surface area contributed by atoms with Gasteiger partial charge in [-0.2, -0.15) is 0 Å². The summed E-state index contributed by atoms with van der Waals surface area (Å²) in [7, 11) is 1.50. The molecule has 1 aliphatic carbocycles. The molecule has 9 nitrogen and oxygen atoms in total. The van der Waals surface area contributed by atoms with E-state index in [0.29, 0.717) is 24.2 Å². The van der Waals surface area contributed by atoms with Gasteiger partial charge in [0, 0.05) is 15.2 Å². The molecule has 1 heterocycles. The van der Waals surface area contributed by atoms with Gasteiger partial charge in [0.1, 0.15) is 11.5 Å². The Balaban J connectivity index is 1.19. The maximum atomic E-state index is 13.1. The molecule has 1 aliphatic heterocycles. The third-order valence-corrected chi connectivity index (χ3v) is 10.0. The van der Waals surface area contributed by atoms with Gasteiger partial charge in [0.05, 0.1) is 35.8 Å². The Labute approximate surface area is 258 Å². The molecule has 3 aromatic carbocycles. The van der Waals surface area contributed by atoms with Crippen LogP contribution in [0.15, 0.2) is 72.8 Å². The van der Waals surface area contributed by atoms with Crippen molar-refractivity contribution in [2.75, 3.05) is 18.6 Å². The highest BCUT2D eigenvalue weighted by Gasteiger charge is 2.52. The molecular weight excluding hydrogens is 674 g/mol. The normalized spacial score (nSPS) is 21.5. The smallest absolute Gasteiger partial charge is 0.343 e. The molecule has 0 bridgehead atoms. The number of Topliss-reactive ketones (excluding diaryl/α,β-unsaturated/α-hetero) is 1. The van der Waals surface area contributed by atoms with E-state index in [2.05, 4.69) is 31.9 Å². The lowest BCUT2D eigenvalue weighted by Crippen LogP contribution is -2.34. The number of hydrogen-bond donors (Lipinski definition) is 0. The van der Waals surface area contributed by atoms with E-state index in [1.165, 1.54) is 43.5 Å². The summed E-state index contributed by atoms with van der Waals surface area (Å²) in [4.78, 5) is 65.4. The average molecular weight is 699 g/mol. The van der Waals surface area contributed by atoms with E-state index in [0.717, 1.165) is 4.90 Å². The van der Waals surface area contributed by atoms with Crippen molar-refractivity contribution in [1.29, 1.82) is 0 Å². The number of ketones is 1. The number of hydrogen-bond acceptors (Lipinski definition) is 8. The third-order valence-electron chi connectivity index (χ3n) is 7.28. The Morgan fingerprint density at radius 1 is 0.762 bits per heavy atom. The first kappa shape index (κ1) is 29.7. The van der Waals surface area contributed by atoms with Crippen molar-refractivity contribution in [3.63, 3.8) is 0 Å². The van der Waals surface area contributed by atoms with Crippen LogP contribution in [0.3, 0.4) is 0 Å². The van der Waals surface area contributed by atoms with Crippen molar-refractivity contribution >= 4 is 67.1 Å². The molecule has 0 spiro atoms. The fourth-order valence-electron chi connectivity index (χ4n) is 5.04. The highest BCUT2D eigenvalue weighted by atomic mass is 79.9. The average Bonchev–Trinajstić information content (AvgIpc) is 3.24. The molecule has 4 atom stereocenters. The first-order valence-corrected chi connectivity index (χ1v) is 14.9. The zero-order valence-electron chi connectivity index (χ0n) is 22.3. The van der Waals surface area contributed by atoms with Gasteiger partial charge in [-0.15, -0.1) is 0 Å². The minimum Gasteiger partial charge on any atom is -0.497 e. The minimum atomic E-state index is -0.772. The van der Waals surface area contributed by atoms with Gasteiger partial charge in [0.15, 0.2) is 12.4 Å². The zero-order valence-corrected chi connectivity index (χ0v) is 25.5. The van der Waals surface area contributed by atoms with Gasteiger partial charge in [0.2, 0.25) is 11.8 Å². The van der Waals surface area contributed by atoms with Crippen molar-refractivity contribution in [1.82, 2.24) is 0 Å². The number of alkyl halides is 2. The lowest BCUT2D eigenvalue weighted by molar-refractivity contribution is -0.122. The second-order valence-corrected chi connectivity index (χ2v) is 12.3. The number of methoxy groups -OCH3 is 1. The van der Waals surface area contributed by atoms with E-state index in [1.807, 2.05) is 0 Å². The highest BCUT2D eigenvalue weighted by molar-refractivity contribution is 9.12. The molecule has 0 aromatic heterocycles. The van der Waals surface area contributed by atoms with Gasteiger partial charge < -0.3 is 14.2 Å². The standard InChI is InChI=1S/C31H25Br2NO8/c1-40-22-7-3-5-19(13-22)31(39)42-21-10-8-17(9-11-21)27(35)16-41-30(38)18-4-2-6-20(12-18)34-28(36)23-14-25(32)26(33)15-24(23)29(34)37/h2-13,23-26H,14-16H2,1H3. The number of esters is 2. The molecule has 1 saturated carbocycles. The molecule has 11 heteroatoms. The van der Waals surface area contributed by atoms with Gasteiger partial charge in [-0.25, -0.2) is 9.59 Å². The Kier molecular flexibility index (Phi) is 8.88. The van der Waals surface area contributed by atoms with E-state index in [4.69, 9.17) is 14.2 Å². The fourth-order valence-corrected chi connectivity index (χ4v) is 6.28. The number of anilines is 1. The van der Waals surface area contributed by atoms with E-state index >= 15 is 0 Å². The summed E-state index contributed by atoms with van der Waals surface area (Å²) in [5.74, 6) is -2.47. The molecule has 1 saturated heterocycles. The van der Waals surface area contributed by atoms with E-state index in [9.17, 15) is 24.0 Å². The maximum Gasteiger partial charge on any atom is 0.343 e. The van der Waals surface area contributed by atoms with Crippen LogP contribution in [0.1, 0.15) is 43.9 Å². The SMILES string of the molecule is COc1cccc(C(=O)Oc2ccc(C(=O)COC(=O)c3cccc(N4C(=O)C5CC(Br)C(Br)CC5C4=O)c3)cc2)c1. The summed E-state index contributed by atoms with van der Waals surface area (Å²) in [6, 6.07) is 18.4. The molecule has 0 N–H and O–H groups in total. The molecular formula is C31H25Br2NO8. The topological polar surface area (TPSA) is 116 Å². The number of fused-ring (bicyclic) bond motifs is 1. The Morgan fingerprint density at radius 3 is 1.98 bits per heavy atom. The van der Waals surface area contributed by atoms with Crippen LogP contribution in [0.4, 0.5) is 5.69 Å². The van der Waals surface area contributed by atoms with Crippen LogP contribution in [-0.2, 0) is 14.3 Å². The summed E-state index contributed by atoms with van der Waals surface area (Å²) in [6.45, 7) is -0.531. The fraction of sp³-hybridized carbons (Fsp3) is 0.258. The van der Waals surface area contributed by atoms with E-state index in [1.54, 1.807) is 36.4 Å². The van der Waals surface area contributed by atoms with E-state index < -0.39 is 36.2 Å². The Morgan fingerprint density at radius 2 is 1.36 bits per heavy atom. The van der Waals surface area contributed by atoms with Crippen LogP contribution >= 0.6 is 31.9 Å². The van der Waals surface area contributed by atoms with Crippen LogP contribution in [-0.4, -0.2) is 52.9 Å². The second kappa shape index (κ2) is 12.6. The lowest BCUT2D eigenvalue weighted by atomic mass is 9.81. The van der Waals surface area contributed by atoms with Crippen LogP contribution in [0, 0.1) is 11.8 Å². The summed E-state index contributed by atoms with van der Waals surface area (Å²) in [5, 5.41) is 0. The number of carbonyl (C=O) groups is 5. The van der Waals surface area contributed by atoms with Crippen LogP contribution in [0.5, 0.6) is 11.5 Å². The summed E-state index contributed by atoms with van der Waals surface area (Å²) in [6.07, 6.45) is 1.08. The van der Waals surface area contributed by atoms with Gasteiger partial charge in [-0.3, -0.25) is 19.3 Å². The number of ether oxygens (including phenoxy) is 3. The van der Waals surface area contributed by atoms with Gasteiger partial charge in [-0.1, -0.05) is 44.0 Å². The van der Waals surface area contributed by atoms with Crippen molar-refractivity contribution < 1.29 is 38.2 Å². The minimum absolute atomic E-state index is 0.0828. The van der Waals surface area contributed by atoms with Crippen LogP contribution in [0.2, 0.25) is 0 Å². The monoisotopic (exact) mass is 697 g/mol. The summed E-state index contributed by atoms with van der Waals surface area (Å²) >= 11 is 7.15. The second-order valence-electron chi connectivity index (χ2n) is 9.92. The number of halogens is 2. The van der Waals surface area contributed by atoms with Crippen LogP contribution in [0.25, 0.3) is 0 Å². The predicted octanol–water partition coefficient (Wildman–Crippen LogP) is 5.38. The molecule has 4 unspecified atom stereocenters. The molecule has 2 fully saturated rings. The van der Waals surface area contributed by atoms with Crippen molar-refractivity contribution in [2.45, 2.75) is 22.5 Å². The molecule has 2 amide bonds. The first-order valence-electron chi connectivity index (χ1n) is 13.1. The Hall–Kier alpha value is -3.83. The summed E-state index contributed by atoms with van der Waals surface area (Å²) < 4.78 is 15.7.